The topological polar surface area (TPSA) is 265 Å². The lowest BCUT2D eigenvalue weighted by Gasteiger charge is -2.43. The number of aliphatic hydroxyl groups is 2. The minimum Gasteiger partial charge on any atom is -0.480 e. The molecular formula is C23H39N5O12. The first-order valence-electron chi connectivity index (χ1n) is 12.4. The van der Waals surface area contributed by atoms with Gasteiger partial charge in [0.15, 0.2) is 6.29 Å². The van der Waals surface area contributed by atoms with E-state index in [0.29, 0.717) is 0 Å². The highest BCUT2D eigenvalue weighted by Crippen LogP contribution is 2.24. The number of carboxylic acids is 1. The van der Waals surface area contributed by atoms with Gasteiger partial charge in [-0.3, -0.25) is 28.8 Å². The summed E-state index contributed by atoms with van der Waals surface area (Å²) in [6, 6.07) is -4.89. The molecule has 0 spiro atoms. The van der Waals surface area contributed by atoms with Gasteiger partial charge in [-0.1, -0.05) is 0 Å². The Bertz CT molecular complexity index is 934. The normalized spacial score (nSPS) is 25.4. The first kappa shape index (κ1) is 34.6. The van der Waals surface area contributed by atoms with E-state index in [1.165, 1.54) is 34.8 Å². The Morgan fingerprint density at radius 3 is 2.12 bits per heavy atom. The van der Waals surface area contributed by atoms with Crippen LogP contribution in [-0.4, -0.2) is 119 Å². The van der Waals surface area contributed by atoms with Crippen LogP contribution in [0.3, 0.4) is 0 Å². The maximum Gasteiger partial charge on any atom is 0.325 e. The Kier molecular flexibility index (Phi) is 13.9. The van der Waals surface area contributed by atoms with Crippen molar-refractivity contribution in [3.05, 3.63) is 0 Å². The van der Waals surface area contributed by atoms with Crippen molar-refractivity contribution >= 4 is 35.5 Å². The molecule has 0 radical (unpaired) electrons. The molecule has 1 heterocycles. The van der Waals surface area contributed by atoms with Crippen molar-refractivity contribution in [3.63, 3.8) is 0 Å². The standard InChI is InChI=1S/C23H39N5O12/c1-9(20(33)28-13(19(24)32)6-7-15(30)25-10(2)22(35)36)26-21(34)11(3)39-18-16(27-12(4)29)23(37)40-14(8-38-5)17(18)31/h9-11,13-14,16-18,23,31,37H,6-8H2,1-5H3,(H2,24,32)(H,25,30)(H,26,34)(H,27,29)(H,28,33)(H,35,36). The zero-order valence-corrected chi connectivity index (χ0v) is 22.9. The van der Waals surface area contributed by atoms with Crippen LogP contribution in [0.25, 0.3) is 0 Å². The van der Waals surface area contributed by atoms with Crippen LogP contribution >= 0.6 is 0 Å². The number of aliphatic hydroxyl groups excluding tert-OH is 2. The minimum atomic E-state index is -1.59. The molecule has 17 heteroatoms. The molecule has 9 N–H and O–H groups in total. The van der Waals surface area contributed by atoms with Gasteiger partial charge in [-0.2, -0.15) is 0 Å². The Morgan fingerprint density at radius 1 is 0.975 bits per heavy atom. The van der Waals surface area contributed by atoms with Crippen molar-refractivity contribution in [1.29, 1.82) is 0 Å². The van der Waals surface area contributed by atoms with Crippen LogP contribution < -0.4 is 27.0 Å². The zero-order chi connectivity index (χ0) is 30.7. The van der Waals surface area contributed by atoms with Crippen LogP contribution in [0.1, 0.15) is 40.5 Å². The van der Waals surface area contributed by atoms with E-state index in [1.807, 2.05) is 0 Å². The Morgan fingerprint density at radius 2 is 1.60 bits per heavy atom. The van der Waals surface area contributed by atoms with Gasteiger partial charge in [0.1, 0.15) is 48.6 Å². The molecule has 9 atom stereocenters. The van der Waals surface area contributed by atoms with E-state index in [9.17, 15) is 39.0 Å². The summed E-state index contributed by atoms with van der Waals surface area (Å²) in [7, 11) is 1.35. The summed E-state index contributed by atoms with van der Waals surface area (Å²) >= 11 is 0. The average Bonchev–Trinajstić information content (AvgIpc) is 2.85. The molecule has 0 aromatic carbocycles. The summed E-state index contributed by atoms with van der Waals surface area (Å²) in [5, 5.41) is 39.2. The van der Waals surface area contributed by atoms with E-state index in [-0.39, 0.29) is 19.4 Å². The summed E-state index contributed by atoms with van der Waals surface area (Å²) in [5.41, 5.74) is 5.30. The van der Waals surface area contributed by atoms with Gasteiger partial charge >= 0.3 is 5.97 Å². The van der Waals surface area contributed by atoms with E-state index >= 15 is 0 Å². The van der Waals surface area contributed by atoms with E-state index in [2.05, 4.69) is 21.3 Å². The number of primary amides is 1. The predicted molar refractivity (Wildman–Crippen MR) is 134 cm³/mol. The number of carbonyl (C=O) groups is 6. The molecule has 1 rings (SSSR count). The third-order valence-corrected chi connectivity index (χ3v) is 5.94. The summed E-state index contributed by atoms with van der Waals surface area (Å²) in [4.78, 5) is 71.5. The molecule has 0 bridgehead atoms. The molecule has 0 aromatic heterocycles. The summed E-state index contributed by atoms with van der Waals surface area (Å²) in [5.74, 6) is -5.06. The molecule has 1 saturated heterocycles. The van der Waals surface area contributed by atoms with Crippen molar-refractivity contribution in [1.82, 2.24) is 21.3 Å². The zero-order valence-electron chi connectivity index (χ0n) is 22.9. The fourth-order valence-electron chi connectivity index (χ4n) is 3.71. The fraction of sp³-hybridized carbons (Fsp3) is 0.739. The minimum absolute atomic E-state index is 0.121. The van der Waals surface area contributed by atoms with Crippen LogP contribution in [0.15, 0.2) is 0 Å². The third kappa shape index (κ3) is 10.6. The number of ether oxygens (including phenoxy) is 3. The van der Waals surface area contributed by atoms with Gasteiger partial charge in [0.05, 0.1) is 6.61 Å². The number of carbonyl (C=O) groups excluding carboxylic acids is 5. The van der Waals surface area contributed by atoms with E-state index < -0.39 is 90.4 Å². The third-order valence-electron chi connectivity index (χ3n) is 5.94. The molecule has 40 heavy (non-hydrogen) atoms. The van der Waals surface area contributed by atoms with Gasteiger partial charge in [0.25, 0.3) is 0 Å². The highest BCUT2D eigenvalue weighted by atomic mass is 16.6. The number of nitrogens with two attached hydrogens (primary N) is 1. The van der Waals surface area contributed by atoms with Crippen LogP contribution in [0.2, 0.25) is 0 Å². The van der Waals surface area contributed by atoms with E-state index in [4.69, 9.17) is 25.1 Å². The highest BCUT2D eigenvalue weighted by molar-refractivity contribution is 5.92. The number of methoxy groups -OCH3 is 1. The second kappa shape index (κ2) is 16.0. The molecule has 228 valence electrons. The van der Waals surface area contributed by atoms with Crippen LogP contribution in [0, 0.1) is 0 Å². The number of hydrogen-bond donors (Lipinski definition) is 8. The van der Waals surface area contributed by atoms with Gasteiger partial charge in [-0.15, -0.1) is 0 Å². The number of rotatable bonds is 15. The predicted octanol–water partition coefficient (Wildman–Crippen LogP) is -4.17. The van der Waals surface area contributed by atoms with E-state index in [1.54, 1.807) is 0 Å². The van der Waals surface area contributed by atoms with Gasteiger partial charge in [-0.05, 0) is 27.2 Å². The molecule has 1 aliphatic heterocycles. The monoisotopic (exact) mass is 577 g/mol. The van der Waals surface area contributed by atoms with Crippen molar-refractivity contribution in [2.24, 2.45) is 5.73 Å². The molecule has 5 amide bonds. The lowest BCUT2D eigenvalue weighted by molar-refractivity contribution is -0.267. The molecule has 9 unspecified atom stereocenters. The molecule has 1 fully saturated rings. The van der Waals surface area contributed by atoms with Crippen molar-refractivity contribution in [3.8, 4) is 0 Å². The van der Waals surface area contributed by atoms with Gasteiger partial charge in [0, 0.05) is 20.5 Å². The number of carboxylic acid groups (broad SMARTS) is 1. The van der Waals surface area contributed by atoms with Crippen LogP contribution in [0.5, 0.6) is 0 Å². The van der Waals surface area contributed by atoms with Gasteiger partial charge in [0.2, 0.25) is 29.5 Å². The summed E-state index contributed by atoms with van der Waals surface area (Å²) in [6.07, 6.45) is -7.17. The highest BCUT2D eigenvalue weighted by Gasteiger charge is 2.47. The van der Waals surface area contributed by atoms with Crippen molar-refractivity contribution < 1.29 is 58.3 Å². The second-order valence-corrected chi connectivity index (χ2v) is 9.34. The quantitative estimate of drug-likeness (QED) is 0.0921. The fourth-order valence-corrected chi connectivity index (χ4v) is 3.71. The summed E-state index contributed by atoms with van der Waals surface area (Å²) in [6.45, 7) is 4.93. The Balaban J connectivity index is 2.79. The maximum absolute atomic E-state index is 12.8. The molecule has 0 aliphatic carbocycles. The molecule has 0 saturated carbocycles. The Hall–Kier alpha value is -3.38. The number of aliphatic carboxylic acids is 1. The lowest BCUT2D eigenvalue weighted by atomic mass is 9.96. The second-order valence-electron chi connectivity index (χ2n) is 9.34. The van der Waals surface area contributed by atoms with Crippen molar-refractivity contribution in [2.75, 3.05) is 13.7 Å². The van der Waals surface area contributed by atoms with Gasteiger partial charge in [-0.25, -0.2) is 0 Å². The molecule has 0 aromatic rings. The summed E-state index contributed by atoms with van der Waals surface area (Å²) < 4.78 is 15.9. The number of hydrogen-bond acceptors (Lipinski definition) is 11. The largest absolute Gasteiger partial charge is 0.480 e. The number of amides is 5. The molecular weight excluding hydrogens is 538 g/mol. The first-order chi connectivity index (χ1) is 18.6. The van der Waals surface area contributed by atoms with Crippen LogP contribution in [0.4, 0.5) is 0 Å². The SMILES string of the molecule is COCC1OC(O)C(NC(C)=O)C(OC(C)C(=O)NC(C)C(=O)NC(CCC(=O)NC(C)C(=O)O)C(N)=O)C1O. The van der Waals surface area contributed by atoms with E-state index in [0.717, 1.165) is 0 Å². The maximum atomic E-state index is 12.8. The smallest absolute Gasteiger partial charge is 0.325 e. The molecule has 17 nitrogen and oxygen atoms in total. The first-order valence-corrected chi connectivity index (χ1v) is 12.4. The molecule has 1 aliphatic rings. The Labute approximate surface area is 230 Å². The lowest BCUT2D eigenvalue weighted by Crippen LogP contribution is -2.65. The average molecular weight is 578 g/mol. The van der Waals surface area contributed by atoms with Crippen molar-refractivity contribution in [2.45, 2.75) is 95.4 Å². The van der Waals surface area contributed by atoms with Crippen LogP contribution in [-0.2, 0) is 43.0 Å². The number of nitrogens with one attached hydrogen (secondary N) is 4. The van der Waals surface area contributed by atoms with Gasteiger partial charge < -0.3 is 56.5 Å².